The summed E-state index contributed by atoms with van der Waals surface area (Å²) in [7, 11) is 0. The molecule has 0 aromatic heterocycles. The van der Waals surface area contributed by atoms with Crippen molar-refractivity contribution in [3.63, 3.8) is 0 Å². The minimum atomic E-state index is 0.867. The summed E-state index contributed by atoms with van der Waals surface area (Å²) in [6.45, 7) is 6.69. The van der Waals surface area contributed by atoms with E-state index in [9.17, 15) is 0 Å². The zero-order valence-electron chi connectivity index (χ0n) is 10.00. The van der Waals surface area contributed by atoms with Crippen molar-refractivity contribution in [1.82, 2.24) is 4.90 Å². The molecule has 1 fully saturated rings. The Morgan fingerprint density at radius 1 is 1.31 bits per heavy atom. The summed E-state index contributed by atoms with van der Waals surface area (Å²) >= 11 is 0. The molecule has 1 heterocycles. The monoisotopic (exact) mass is 219 g/mol. The molecule has 1 aromatic carbocycles. The number of nitrogens with zero attached hydrogens (tertiary/aromatic N) is 1. The van der Waals surface area contributed by atoms with Gasteiger partial charge in [-0.05, 0) is 50.6 Å². The van der Waals surface area contributed by atoms with Gasteiger partial charge in [-0.25, -0.2) is 0 Å². The minimum absolute atomic E-state index is 0.867. The Morgan fingerprint density at radius 3 is 2.75 bits per heavy atom. The predicted molar refractivity (Wildman–Crippen MR) is 69.8 cm³/mol. The molecule has 1 aliphatic rings. The molecule has 0 spiro atoms. The summed E-state index contributed by atoms with van der Waals surface area (Å²) in [5, 5.41) is 3.42. The average molecular weight is 219 g/mol. The van der Waals surface area contributed by atoms with Gasteiger partial charge >= 0.3 is 0 Å². The van der Waals surface area contributed by atoms with Gasteiger partial charge in [-0.3, -0.25) is 0 Å². The fourth-order valence-electron chi connectivity index (χ4n) is 2.12. The fraction of sp³-hybridized carbons (Fsp3) is 0.538. The van der Waals surface area contributed by atoms with Crippen LogP contribution in [0.25, 0.3) is 0 Å². The number of likely N-dealkylation sites (tertiary alicyclic amines) is 1. The van der Waals surface area contributed by atoms with Crippen LogP contribution in [0.5, 0.6) is 0 Å². The highest BCUT2D eigenvalue weighted by Gasteiger charge is 2.10. The largest absolute Gasteiger partial charge is 0.398 e. The third-order valence-electron chi connectivity index (χ3n) is 3.24. The van der Waals surface area contributed by atoms with E-state index in [4.69, 9.17) is 5.73 Å². The molecule has 0 aliphatic carbocycles. The highest BCUT2D eigenvalue weighted by Crippen LogP contribution is 2.16. The van der Waals surface area contributed by atoms with Crippen molar-refractivity contribution in [1.29, 1.82) is 0 Å². The third kappa shape index (κ3) is 2.89. The number of hydrogen-bond donors (Lipinski definition) is 2. The van der Waals surface area contributed by atoms with E-state index in [0.717, 1.165) is 30.0 Å². The predicted octanol–water partition coefficient (Wildman–Crippen LogP) is 2.08. The molecule has 0 bridgehead atoms. The van der Waals surface area contributed by atoms with Gasteiger partial charge in [-0.15, -0.1) is 0 Å². The second-order valence-corrected chi connectivity index (χ2v) is 4.55. The molecular weight excluding hydrogens is 198 g/mol. The van der Waals surface area contributed by atoms with Crippen LogP contribution in [-0.4, -0.2) is 31.1 Å². The van der Waals surface area contributed by atoms with E-state index in [1.807, 2.05) is 13.0 Å². The van der Waals surface area contributed by atoms with Gasteiger partial charge < -0.3 is 16.0 Å². The molecule has 1 aromatic rings. The van der Waals surface area contributed by atoms with Gasteiger partial charge in [-0.1, -0.05) is 6.07 Å². The molecule has 16 heavy (non-hydrogen) atoms. The molecular formula is C13H21N3. The maximum absolute atomic E-state index is 5.86. The fourth-order valence-corrected chi connectivity index (χ4v) is 2.12. The molecule has 0 amide bonds. The molecule has 3 nitrogen and oxygen atoms in total. The second kappa shape index (κ2) is 5.21. The Hall–Kier alpha value is -1.22. The zero-order chi connectivity index (χ0) is 11.4. The van der Waals surface area contributed by atoms with E-state index >= 15 is 0 Å². The average Bonchev–Trinajstić information content (AvgIpc) is 2.76. The molecule has 0 radical (unpaired) electrons. The van der Waals surface area contributed by atoms with Crippen LogP contribution >= 0.6 is 0 Å². The first-order valence-electron chi connectivity index (χ1n) is 6.08. The SMILES string of the molecule is Cc1ccc(NCCN2CCCC2)cc1N. The summed E-state index contributed by atoms with van der Waals surface area (Å²) in [5.41, 5.74) is 9.00. The number of nitrogen functional groups attached to an aromatic ring is 1. The molecule has 0 atom stereocenters. The molecule has 0 saturated carbocycles. The van der Waals surface area contributed by atoms with Crippen molar-refractivity contribution < 1.29 is 0 Å². The van der Waals surface area contributed by atoms with E-state index in [0.29, 0.717) is 0 Å². The van der Waals surface area contributed by atoms with Gasteiger partial charge in [0.15, 0.2) is 0 Å². The molecule has 2 rings (SSSR count). The molecule has 1 saturated heterocycles. The topological polar surface area (TPSA) is 41.3 Å². The molecule has 88 valence electrons. The van der Waals surface area contributed by atoms with Gasteiger partial charge in [0.1, 0.15) is 0 Å². The smallest absolute Gasteiger partial charge is 0.0364 e. The zero-order valence-corrected chi connectivity index (χ0v) is 10.00. The van der Waals surface area contributed by atoms with Crippen molar-refractivity contribution >= 4 is 11.4 Å². The lowest BCUT2D eigenvalue weighted by atomic mass is 10.2. The van der Waals surface area contributed by atoms with Crippen molar-refractivity contribution in [2.75, 3.05) is 37.2 Å². The van der Waals surface area contributed by atoms with Crippen LogP contribution < -0.4 is 11.1 Å². The highest BCUT2D eigenvalue weighted by atomic mass is 15.1. The van der Waals surface area contributed by atoms with Gasteiger partial charge in [-0.2, -0.15) is 0 Å². The Balaban J connectivity index is 1.78. The van der Waals surface area contributed by atoms with E-state index < -0.39 is 0 Å². The second-order valence-electron chi connectivity index (χ2n) is 4.55. The van der Waals surface area contributed by atoms with Crippen LogP contribution in [0.2, 0.25) is 0 Å². The summed E-state index contributed by atoms with van der Waals surface area (Å²) in [4.78, 5) is 2.50. The number of hydrogen-bond acceptors (Lipinski definition) is 3. The van der Waals surface area contributed by atoms with E-state index in [2.05, 4.69) is 22.3 Å². The third-order valence-corrected chi connectivity index (χ3v) is 3.24. The molecule has 1 aliphatic heterocycles. The van der Waals surface area contributed by atoms with Gasteiger partial charge in [0.2, 0.25) is 0 Å². The van der Waals surface area contributed by atoms with Gasteiger partial charge in [0.05, 0.1) is 0 Å². The lowest BCUT2D eigenvalue weighted by molar-refractivity contribution is 0.352. The van der Waals surface area contributed by atoms with Crippen LogP contribution in [-0.2, 0) is 0 Å². The first-order valence-corrected chi connectivity index (χ1v) is 6.08. The standard InChI is InChI=1S/C13H21N3/c1-11-4-5-12(10-13(11)14)15-6-9-16-7-2-3-8-16/h4-5,10,15H,2-3,6-9,14H2,1H3. The number of aryl methyl sites for hydroxylation is 1. The Bertz CT molecular complexity index is 343. The number of anilines is 2. The first-order chi connectivity index (χ1) is 7.75. The van der Waals surface area contributed by atoms with Crippen molar-refractivity contribution in [3.8, 4) is 0 Å². The van der Waals surface area contributed by atoms with E-state index in [1.165, 1.54) is 25.9 Å². The quantitative estimate of drug-likeness (QED) is 0.762. The van der Waals surface area contributed by atoms with Gasteiger partial charge in [0, 0.05) is 24.5 Å². The lowest BCUT2D eigenvalue weighted by Crippen LogP contribution is -2.25. The van der Waals surface area contributed by atoms with Crippen LogP contribution in [0.3, 0.4) is 0 Å². The molecule has 0 unspecified atom stereocenters. The van der Waals surface area contributed by atoms with E-state index in [1.54, 1.807) is 0 Å². The summed E-state index contributed by atoms with van der Waals surface area (Å²) in [5.74, 6) is 0. The summed E-state index contributed by atoms with van der Waals surface area (Å²) in [6.07, 6.45) is 2.72. The number of nitrogens with one attached hydrogen (secondary N) is 1. The maximum Gasteiger partial charge on any atom is 0.0364 e. The van der Waals surface area contributed by atoms with E-state index in [-0.39, 0.29) is 0 Å². The van der Waals surface area contributed by atoms with Crippen LogP contribution in [0.1, 0.15) is 18.4 Å². The minimum Gasteiger partial charge on any atom is -0.398 e. The van der Waals surface area contributed by atoms with Crippen LogP contribution in [0.15, 0.2) is 18.2 Å². The van der Waals surface area contributed by atoms with Crippen LogP contribution in [0, 0.1) is 6.92 Å². The summed E-state index contributed by atoms with van der Waals surface area (Å²) < 4.78 is 0. The number of nitrogens with two attached hydrogens (primary N) is 1. The number of benzene rings is 1. The molecule has 3 heteroatoms. The van der Waals surface area contributed by atoms with Crippen molar-refractivity contribution in [3.05, 3.63) is 23.8 Å². The van der Waals surface area contributed by atoms with Crippen LogP contribution in [0.4, 0.5) is 11.4 Å². The number of rotatable bonds is 4. The lowest BCUT2D eigenvalue weighted by Gasteiger charge is -2.15. The summed E-state index contributed by atoms with van der Waals surface area (Å²) in [6, 6.07) is 6.17. The normalized spacial score (nSPS) is 16.6. The van der Waals surface area contributed by atoms with Crippen molar-refractivity contribution in [2.24, 2.45) is 0 Å². The molecule has 3 N–H and O–H groups in total. The highest BCUT2D eigenvalue weighted by molar-refractivity contribution is 5.58. The maximum atomic E-state index is 5.86. The Morgan fingerprint density at radius 2 is 2.06 bits per heavy atom. The van der Waals surface area contributed by atoms with Crippen molar-refractivity contribution in [2.45, 2.75) is 19.8 Å². The Kier molecular flexibility index (Phi) is 3.67. The Labute approximate surface area is 97.6 Å². The van der Waals surface area contributed by atoms with Gasteiger partial charge in [0.25, 0.3) is 0 Å². The first kappa shape index (κ1) is 11.3.